The van der Waals surface area contributed by atoms with Crippen LogP contribution in [0.25, 0.3) is 10.8 Å². The van der Waals surface area contributed by atoms with E-state index in [2.05, 4.69) is 36.4 Å². The average molecular weight is 272 g/mol. The standard InChI is InChI=1S/C20H16O/c21-20-17-10-4-2-7-15(17)12-13-19(20)18-11-5-8-14-6-1-3-9-16(14)18/h1-11,19H,12-13H2. The van der Waals surface area contributed by atoms with Crippen molar-refractivity contribution in [2.24, 2.45) is 0 Å². The third-order valence-electron chi connectivity index (χ3n) is 4.50. The van der Waals surface area contributed by atoms with E-state index in [1.54, 1.807) is 0 Å². The van der Waals surface area contributed by atoms with E-state index >= 15 is 0 Å². The molecular formula is C20H16O. The van der Waals surface area contributed by atoms with Gasteiger partial charge < -0.3 is 0 Å². The number of Topliss-reactive ketones (excluding diaryl/α,β-unsaturated/α-hetero) is 1. The van der Waals surface area contributed by atoms with Crippen LogP contribution >= 0.6 is 0 Å². The van der Waals surface area contributed by atoms with Crippen molar-refractivity contribution in [3.05, 3.63) is 83.4 Å². The van der Waals surface area contributed by atoms with Gasteiger partial charge in [0, 0.05) is 11.5 Å². The van der Waals surface area contributed by atoms with Crippen LogP contribution in [-0.4, -0.2) is 5.78 Å². The second-order valence-electron chi connectivity index (χ2n) is 5.68. The smallest absolute Gasteiger partial charge is 0.170 e. The van der Waals surface area contributed by atoms with Crippen LogP contribution in [0.4, 0.5) is 0 Å². The van der Waals surface area contributed by atoms with Crippen LogP contribution in [0.1, 0.15) is 33.8 Å². The molecule has 0 bridgehead atoms. The summed E-state index contributed by atoms with van der Waals surface area (Å²) in [6.45, 7) is 0. The van der Waals surface area contributed by atoms with Crippen molar-refractivity contribution in [2.75, 3.05) is 0 Å². The summed E-state index contributed by atoms with van der Waals surface area (Å²) in [5.41, 5.74) is 3.27. The molecule has 3 aromatic rings. The van der Waals surface area contributed by atoms with Gasteiger partial charge in [-0.3, -0.25) is 4.79 Å². The number of carbonyl (C=O) groups is 1. The highest BCUT2D eigenvalue weighted by Gasteiger charge is 2.29. The Morgan fingerprint density at radius 3 is 2.52 bits per heavy atom. The maximum atomic E-state index is 12.9. The Morgan fingerprint density at radius 2 is 1.57 bits per heavy atom. The Labute approximate surface area is 124 Å². The first kappa shape index (κ1) is 12.3. The Hall–Kier alpha value is -2.41. The fourth-order valence-corrected chi connectivity index (χ4v) is 3.45. The lowest BCUT2D eigenvalue weighted by Crippen LogP contribution is -2.21. The summed E-state index contributed by atoms with van der Waals surface area (Å²) in [4.78, 5) is 12.9. The van der Waals surface area contributed by atoms with Gasteiger partial charge in [-0.2, -0.15) is 0 Å². The van der Waals surface area contributed by atoms with E-state index in [-0.39, 0.29) is 11.7 Å². The highest BCUT2D eigenvalue weighted by atomic mass is 16.1. The normalized spacial score (nSPS) is 17.7. The number of fused-ring (bicyclic) bond motifs is 2. The van der Waals surface area contributed by atoms with Crippen molar-refractivity contribution in [1.82, 2.24) is 0 Å². The quantitative estimate of drug-likeness (QED) is 0.624. The van der Waals surface area contributed by atoms with Gasteiger partial charge in [0.05, 0.1) is 0 Å². The Morgan fingerprint density at radius 1 is 0.810 bits per heavy atom. The minimum atomic E-state index is -0.00833. The number of hydrogen-bond donors (Lipinski definition) is 0. The molecule has 3 aromatic carbocycles. The predicted molar refractivity (Wildman–Crippen MR) is 85.8 cm³/mol. The zero-order valence-corrected chi connectivity index (χ0v) is 11.8. The molecule has 1 heteroatoms. The maximum Gasteiger partial charge on any atom is 0.170 e. The summed E-state index contributed by atoms with van der Waals surface area (Å²) < 4.78 is 0. The molecule has 0 aliphatic heterocycles. The summed E-state index contributed by atoms with van der Waals surface area (Å²) >= 11 is 0. The fourth-order valence-electron chi connectivity index (χ4n) is 3.45. The van der Waals surface area contributed by atoms with Gasteiger partial charge >= 0.3 is 0 Å². The van der Waals surface area contributed by atoms with Crippen molar-refractivity contribution in [2.45, 2.75) is 18.8 Å². The van der Waals surface area contributed by atoms with E-state index in [4.69, 9.17) is 0 Å². The van der Waals surface area contributed by atoms with Crippen molar-refractivity contribution in [1.29, 1.82) is 0 Å². The van der Waals surface area contributed by atoms with Gasteiger partial charge in [0.2, 0.25) is 0 Å². The molecule has 102 valence electrons. The third-order valence-corrected chi connectivity index (χ3v) is 4.50. The van der Waals surface area contributed by atoms with Crippen LogP contribution < -0.4 is 0 Å². The van der Waals surface area contributed by atoms with Crippen LogP contribution in [0.15, 0.2) is 66.7 Å². The van der Waals surface area contributed by atoms with Crippen LogP contribution in [0.3, 0.4) is 0 Å². The number of hydrogen-bond acceptors (Lipinski definition) is 1. The molecule has 21 heavy (non-hydrogen) atoms. The molecule has 1 atom stereocenters. The monoisotopic (exact) mass is 272 g/mol. The second kappa shape index (κ2) is 4.85. The van der Waals surface area contributed by atoms with Gasteiger partial charge in [0.15, 0.2) is 5.78 Å². The van der Waals surface area contributed by atoms with Gasteiger partial charge in [-0.05, 0) is 34.7 Å². The van der Waals surface area contributed by atoms with Gasteiger partial charge in [0.25, 0.3) is 0 Å². The number of carbonyl (C=O) groups excluding carboxylic acids is 1. The molecule has 0 saturated carbocycles. The zero-order chi connectivity index (χ0) is 14.2. The molecule has 0 amide bonds. The van der Waals surface area contributed by atoms with Crippen LogP contribution in [0.2, 0.25) is 0 Å². The summed E-state index contributed by atoms with van der Waals surface area (Å²) in [7, 11) is 0. The first-order valence-electron chi connectivity index (χ1n) is 7.44. The number of aryl methyl sites for hydroxylation is 1. The zero-order valence-electron chi connectivity index (χ0n) is 11.8. The van der Waals surface area contributed by atoms with E-state index in [1.165, 1.54) is 21.9 Å². The SMILES string of the molecule is O=C1c2ccccc2CCC1c1cccc2ccccc12. The molecule has 0 N–H and O–H groups in total. The number of benzene rings is 3. The van der Waals surface area contributed by atoms with E-state index in [1.807, 2.05) is 30.3 Å². The van der Waals surface area contributed by atoms with Crippen molar-refractivity contribution >= 4 is 16.6 Å². The Balaban J connectivity index is 1.86. The summed E-state index contributed by atoms with van der Waals surface area (Å²) in [5, 5.41) is 2.42. The molecule has 1 nitrogen and oxygen atoms in total. The summed E-state index contributed by atoms with van der Waals surface area (Å²) in [6.07, 6.45) is 1.89. The molecule has 0 aromatic heterocycles. The first-order valence-corrected chi connectivity index (χ1v) is 7.44. The predicted octanol–water partition coefficient (Wildman–Crippen LogP) is 4.75. The van der Waals surface area contributed by atoms with Crippen molar-refractivity contribution in [3.63, 3.8) is 0 Å². The molecule has 1 aliphatic rings. The van der Waals surface area contributed by atoms with E-state index in [0.717, 1.165) is 18.4 Å². The van der Waals surface area contributed by atoms with Gasteiger partial charge in [0.1, 0.15) is 0 Å². The fraction of sp³-hybridized carbons (Fsp3) is 0.150. The molecular weight excluding hydrogens is 256 g/mol. The summed E-state index contributed by atoms with van der Waals surface area (Å²) in [6, 6.07) is 22.6. The molecule has 0 heterocycles. The minimum absolute atomic E-state index is 0.00833. The second-order valence-corrected chi connectivity index (χ2v) is 5.68. The molecule has 0 saturated heterocycles. The Bertz CT molecular complexity index is 827. The molecule has 0 fully saturated rings. The average Bonchev–Trinajstić information content (AvgIpc) is 2.55. The van der Waals surface area contributed by atoms with Crippen LogP contribution in [0.5, 0.6) is 0 Å². The highest BCUT2D eigenvalue weighted by molar-refractivity contribution is 6.05. The molecule has 0 spiro atoms. The largest absolute Gasteiger partial charge is 0.293 e. The molecule has 1 unspecified atom stereocenters. The first-order chi connectivity index (χ1) is 10.3. The highest BCUT2D eigenvalue weighted by Crippen LogP contribution is 2.35. The van der Waals surface area contributed by atoms with Crippen LogP contribution in [-0.2, 0) is 6.42 Å². The van der Waals surface area contributed by atoms with Gasteiger partial charge in [-0.25, -0.2) is 0 Å². The summed E-state index contributed by atoms with van der Waals surface area (Å²) in [5.74, 6) is 0.263. The molecule has 4 rings (SSSR count). The Kier molecular flexibility index (Phi) is 2.85. The topological polar surface area (TPSA) is 17.1 Å². The van der Waals surface area contributed by atoms with Gasteiger partial charge in [-0.1, -0.05) is 66.7 Å². The lowest BCUT2D eigenvalue weighted by Gasteiger charge is -2.24. The van der Waals surface area contributed by atoms with Crippen LogP contribution in [0, 0.1) is 0 Å². The van der Waals surface area contributed by atoms with E-state index in [0.29, 0.717) is 0 Å². The molecule has 1 aliphatic carbocycles. The van der Waals surface area contributed by atoms with Crippen molar-refractivity contribution < 1.29 is 4.79 Å². The van der Waals surface area contributed by atoms with Crippen molar-refractivity contribution in [3.8, 4) is 0 Å². The lowest BCUT2D eigenvalue weighted by atomic mass is 9.78. The number of ketones is 1. The number of rotatable bonds is 1. The lowest BCUT2D eigenvalue weighted by molar-refractivity contribution is 0.0947. The molecule has 0 radical (unpaired) electrons. The van der Waals surface area contributed by atoms with Gasteiger partial charge in [-0.15, -0.1) is 0 Å². The minimum Gasteiger partial charge on any atom is -0.293 e. The van der Waals surface area contributed by atoms with E-state index in [9.17, 15) is 4.79 Å². The van der Waals surface area contributed by atoms with E-state index < -0.39 is 0 Å². The third kappa shape index (κ3) is 1.97. The maximum absolute atomic E-state index is 12.9.